The molecule has 1 aromatic rings. The molecule has 1 unspecified atom stereocenters. The lowest BCUT2D eigenvalue weighted by Gasteiger charge is -2.18. The fraction of sp³-hybridized carbons (Fsp3) is 0.455. The van der Waals surface area contributed by atoms with E-state index in [1.165, 1.54) is 6.07 Å². The molecular formula is C11H17FN2. The molecule has 0 bridgehead atoms. The van der Waals surface area contributed by atoms with E-state index in [4.69, 9.17) is 5.73 Å². The smallest absolute Gasteiger partial charge is 0.128 e. The van der Waals surface area contributed by atoms with Gasteiger partial charge in [-0.05, 0) is 27.1 Å². The zero-order valence-electron chi connectivity index (χ0n) is 8.92. The van der Waals surface area contributed by atoms with Crippen molar-refractivity contribution in [1.82, 2.24) is 4.90 Å². The molecule has 0 saturated carbocycles. The van der Waals surface area contributed by atoms with Gasteiger partial charge in [0.2, 0.25) is 0 Å². The van der Waals surface area contributed by atoms with Crippen LogP contribution in [0.25, 0.3) is 0 Å². The maximum Gasteiger partial charge on any atom is 0.128 e. The molecule has 0 aromatic heterocycles. The van der Waals surface area contributed by atoms with Gasteiger partial charge in [-0.1, -0.05) is 17.7 Å². The standard InChI is InChI=1S/C11H17FN2/c1-8-4-5-10(12)9(6-8)11(13)7-14(2)3/h4-6,11H,7,13H2,1-3H3. The maximum atomic E-state index is 13.4. The summed E-state index contributed by atoms with van der Waals surface area (Å²) in [7, 11) is 3.85. The Hall–Kier alpha value is -0.930. The molecule has 0 aliphatic rings. The SMILES string of the molecule is Cc1ccc(F)c(C(N)CN(C)C)c1. The molecule has 3 heteroatoms. The van der Waals surface area contributed by atoms with Crippen molar-refractivity contribution >= 4 is 0 Å². The average Bonchev–Trinajstić information content (AvgIpc) is 2.08. The van der Waals surface area contributed by atoms with Gasteiger partial charge in [0.15, 0.2) is 0 Å². The molecule has 0 heterocycles. The second kappa shape index (κ2) is 4.53. The topological polar surface area (TPSA) is 29.3 Å². The summed E-state index contributed by atoms with van der Waals surface area (Å²) < 4.78 is 13.4. The quantitative estimate of drug-likeness (QED) is 0.797. The van der Waals surface area contributed by atoms with Crippen molar-refractivity contribution in [3.05, 3.63) is 35.1 Å². The highest BCUT2D eigenvalue weighted by Gasteiger charge is 2.11. The third-order valence-corrected chi connectivity index (χ3v) is 2.11. The molecule has 2 N–H and O–H groups in total. The highest BCUT2D eigenvalue weighted by atomic mass is 19.1. The monoisotopic (exact) mass is 196 g/mol. The lowest BCUT2D eigenvalue weighted by Crippen LogP contribution is -2.26. The van der Waals surface area contributed by atoms with Gasteiger partial charge in [-0.15, -0.1) is 0 Å². The van der Waals surface area contributed by atoms with Crippen molar-refractivity contribution in [1.29, 1.82) is 0 Å². The van der Waals surface area contributed by atoms with Crippen molar-refractivity contribution < 1.29 is 4.39 Å². The van der Waals surface area contributed by atoms with Crippen LogP contribution in [0.3, 0.4) is 0 Å². The molecule has 1 atom stereocenters. The molecule has 1 rings (SSSR count). The normalized spacial score (nSPS) is 13.3. The summed E-state index contributed by atoms with van der Waals surface area (Å²) in [5, 5.41) is 0. The predicted octanol–water partition coefficient (Wildman–Crippen LogP) is 1.70. The van der Waals surface area contributed by atoms with E-state index >= 15 is 0 Å². The fourth-order valence-electron chi connectivity index (χ4n) is 1.44. The summed E-state index contributed by atoms with van der Waals surface area (Å²) in [6.07, 6.45) is 0. The van der Waals surface area contributed by atoms with Crippen molar-refractivity contribution in [3.8, 4) is 0 Å². The van der Waals surface area contributed by atoms with Crippen LogP contribution in [0.15, 0.2) is 18.2 Å². The van der Waals surface area contributed by atoms with E-state index in [-0.39, 0.29) is 11.9 Å². The maximum absolute atomic E-state index is 13.4. The molecule has 0 amide bonds. The molecular weight excluding hydrogens is 179 g/mol. The Labute approximate surface area is 84.5 Å². The first kappa shape index (κ1) is 11.1. The summed E-state index contributed by atoms with van der Waals surface area (Å²) in [5.41, 5.74) is 7.52. The van der Waals surface area contributed by atoms with Gasteiger partial charge in [-0.2, -0.15) is 0 Å². The van der Waals surface area contributed by atoms with Gasteiger partial charge in [0.05, 0.1) is 0 Å². The van der Waals surface area contributed by atoms with Crippen LogP contribution in [-0.2, 0) is 0 Å². The van der Waals surface area contributed by atoms with Crippen LogP contribution in [0.1, 0.15) is 17.2 Å². The first-order valence-electron chi connectivity index (χ1n) is 4.67. The molecule has 0 aliphatic heterocycles. The summed E-state index contributed by atoms with van der Waals surface area (Å²) in [4.78, 5) is 1.95. The first-order chi connectivity index (χ1) is 6.50. The number of nitrogens with zero attached hydrogens (tertiary/aromatic N) is 1. The van der Waals surface area contributed by atoms with Crippen LogP contribution < -0.4 is 5.73 Å². The molecule has 0 saturated heterocycles. The van der Waals surface area contributed by atoms with Gasteiger partial charge >= 0.3 is 0 Å². The number of aryl methyl sites for hydroxylation is 1. The Balaban J connectivity index is 2.88. The number of likely N-dealkylation sites (N-methyl/N-ethyl adjacent to an activating group) is 1. The lowest BCUT2D eigenvalue weighted by atomic mass is 10.0. The number of hydrogen-bond acceptors (Lipinski definition) is 2. The zero-order chi connectivity index (χ0) is 10.7. The van der Waals surface area contributed by atoms with E-state index in [1.807, 2.05) is 32.0 Å². The number of hydrogen-bond donors (Lipinski definition) is 1. The van der Waals surface area contributed by atoms with Crippen molar-refractivity contribution in [2.24, 2.45) is 5.73 Å². The molecule has 14 heavy (non-hydrogen) atoms. The molecule has 0 aliphatic carbocycles. The van der Waals surface area contributed by atoms with Gasteiger partial charge in [-0.25, -0.2) is 4.39 Å². The van der Waals surface area contributed by atoms with Crippen LogP contribution in [0.2, 0.25) is 0 Å². The highest BCUT2D eigenvalue weighted by Crippen LogP contribution is 2.17. The van der Waals surface area contributed by atoms with Gasteiger partial charge in [0, 0.05) is 18.2 Å². The molecule has 2 nitrogen and oxygen atoms in total. The van der Waals surface area contributed by atoms with Crippen LogP contribution in [-0.4, -0.2) is 25.5 Å². The molecule has 0 spiro atoms. The van der Waals surface area contributed by atoms with Gasteiger partial charge < -0.3 is 10.6 Å². The second-order valence-electron chi connectivity index (χ2n) is 3.89. The van der Waals surface area contributed by atoms with E-state index in [1.54, 1.807) is 6.07 Å². The minimum absolute atomic E-state index is 0.218. The third kappa shape index (κ3) is 2.79. The Morgan fingerprint density at radius 2 is 2.07 bits per heavy atom. The summed E-state index contributed by atoms with van der Waals surface area (Å²) in [6, 6.07) is 4.77. The van der Waals surface area contributed by atoms with Crippen LogP contribution in [0.5, 0.6) is 0 Å². The van der Waals surface area contributed by atoms with E-state index in [0.717, 1.165) is 5.56 Å². The second-order valence-corrected chi connectivity index (χ2v) is 3.89. The van der Waals surface area contributed by atoms with Crippen molar-refractivity contribution in [2.75, 3.05) is 20.6 Å². The van der Waals surface area contributed by atoms with E-state index in [2.05, 4.69) is 0 Å². The van der Waals surface area contributed by atoms with E-state index in [0.29, 0.717) is 12.1 Å². The highest BCUT2D eigenvalue weighted by molar-refractivity contribution is 5.26. The zero-order valence-corrected chi connectivity index (χ0v) is 8.92. The minimum Gasteiger partial charge on any atom is -0.323 e. The summed E-state index contributed by atoms with van der Waals surface area (Å²) >= 11 is 0. The Morgan fingerprint density at radius 1 is 1.43 bits per heavy atom. The number of halogens is 1. The Kier molecular flexibility index (Phi) is 3.61. The van der Waals surface area contributed by atoms with E-state index < -0.39 is 0 Å². The fourth-order valence-corrected chi connectivity index (χ4v) is 1.44. The summed E-state index contributed by atoms with van der Waals surface area (Å²) in [6.45, 7) is 2.59. The molecule has 0 fully saturated rings. The third-order valence-electron chi connectivity index (χ3n) is 2.11. The number of rotatable bonds is 3. The van der Waals surface area contributed by atoms with Crippen molar-refractivity contribution in [3.63, 3.8) is 0 Å². The Bertz CT molecular complexity index is 310. The Morgan fingerprint density at radius 3 is 2.64 bits per heavy atom. The molecule has 0 radical (unpaired) electrons. The number of benzene rings is 1. The van der Waals surface area contributed by atoms with E-state index in [9.17, 15) is 4.39 Å². The van der Waals surface area contributed by atoms with Crippen LogP contribution >= 0.6 is 0 Å². The predicted molar refractivity (Wildman–Crippen MR) is 56.6 cm³/mol. The van der Waals surface area contributed by atoms with Crippen molar-refractivity contribution in [2.45, 2.75) is 13.0 Å². The minimum atomic E-state index is -0.259. The van der Waals surface area contributed by atoms with Gasteiger partial charge in [0.1, 0.15) is 5.82 Å². The number of nitrogens with two attached hydrogens (primary N) is 1. The van der Waals surface area contributed by atoms with Gasteiger partial charge in [-0.3, -0.25) is 0 Å². The largest absolute Gasteiger partial charge is 0.323 e. The lowest BCUT2D eigenvalue weighted by molar-refractivity contribution is 0.371. The molecule has 1 aromatic carbocycles. The van der Waals surface area contributed by atoms with Crippen LogP contribution in [0.4, 0.5) is 4.39 Å². The average molecular weight is 196 g/mol. The molecule has 78 valence electrons. The summed E-state index contributed by atoms with van der Waals surface area (Å²) in [5.74, 6) is -0.218. The first-order valence-corrected chi connectivity index (χ1v) is 4.67. The van der Waals surface area contributed by atoms with Crippen LogP contribution in [0, 0.1) is 12.7 Å². The van der Waals surface area contributed by atoms with Gasteiger partial charge in [0.25, 0.3) is 0 Å².